The summed E-state index contributed by atoms with van der Waals surface area (Å²) in [6, 6.07) is 20.3. The molecule has 33 heavy (non-hydrogen) atoms. The molecular formula is C25H20N6O2. The van der Waals surface area contributed by atoms with Crippen LogP contribution in [-0.4, -0.2) is 30.8 Å². The molecule has 2 heterocycles. The van der Waals surface area contributed by atoms with Gasteiger partial charge in [-0.25, -0.2) is 9.48 Å². The van der Waals surface area contributed by atoms with Crippen LogP contribution in [0.5, 0.6) is 0 Å². The number of benzene rings is 3. The van der Waals surface area contributed by atoms with E-state index in [9.17, 15) is 9.90 Å². The van der Waals surface area contributed by atoms with Gasteiger partial charge in [0.05, 0.1) is 34.2 Å². The van der Waals surface area contributed by atoms with Gasteiger partial charge in [-0.3, -0.25) is 9.97 Å². The molecule has 0 unspecified atom stereocenters. The molecule has 0 saturated heterocycles. The summed E-state index contributed by atoms with van der Waals surface area (Å²) in [7, 11) is 0. The van der Waals surface area contributed by atoms with E-state index in [0.717, 1.165) is 33.4 Å². The van der Waals surface area contributed by atoms with Crippen molar-refractivity contribution in [2.75, 3.05) is 5.32 Å². The van der Waals surface area contributed by atoms with Crippen LogP contribution in [0.25, 0.3) is 27.8 Å². The van der Waals surface area contributed by atoms with Gasteiger partial charge in [-0.05, 0) is 41.5 Å². The second-order valence-electron chi connectivity index (χ2n) is 7.39. The first-order valence-electron chi connectivity index (χ1n) is 10.3. The zero-order chi connectivity index (χ0) is 22.8. The fourth-order valence-electron chi connectivity index (χ4n) is 3.79. The van der Waals surface area contributed by atoms with E-state index in [0.29, 0.717) is 18.1 Å². The normalized spacial score (nSPS) is 10.9. The van der Waals surface area contributed by atoms with Gasteiger partial charge in [-0.2, -0.15) is 5.10 Å². The third kappa shape index (κ3) is 3.79. The maximum atomic E-state index is 11.8. The maximum absolute atomic E-state index is 11.8. The zero-order valence-electron chi connectivity index (χ0n) is 17.5. The van der Waals surface area contributed by atoms with Crippen LogP contribution in [0.1, 0.15) is 15.9 Å². The van der Waals surface area contributed by atoms with Crippen molar-refractivity contribution in [3.05, 3.63) is 96.4 Å². The van der Waals surface area contributed by atoms with Crippen LogP contribution < -0.4 is 11.1 Å². The molecule has 0 atom stereocenters. The molecule has 2 aromatic heterocycles. The highest BCUT2D eigenvalue weighted by Crippen LogP contribution is 2.35. The van der Waals surface area contributed by atoms with Crippen molar-refractivity contribution in [2.24, 2.45) is 5.73 Å². The first-order chi connectivity index (χ1) is 16.2. The van der Waals surface area contributed by atoms with E-state index < -0.39 is 5.97 Å². The van der Waals surface area contributed by atoms with Gasteiger partial charge in [-0.15, -0.1) is 0 Å². The van der Waals surface area contributed by atoms with Crippen molar-refractivity contribution in [3.8, 4) is 16.8 Å². The molecule has 8 heteroatoms. The number of para-hydroxylation sites is 2. The molecule has 0 aliphatic heterocycles. The van der Waals surface area contributed by atoms with Gasteiger partial charge < -0.3 is 16.2 Å². The van der Waals surface area contributed by atoms with Crippen LogP contribution in [0.4, 0.5) is 11.5 Å². The first-order valence-corrected chi connectivity index (χ1v) is 10.3. The molecule has 0 bridgehead atoms. The Labute approximate surface area is 189 Å². The van der Waals surface area contributed by atoms with Crippen LogP contribution in [0, 0.1) is 0 Å². The third-order valence-electron chi connectivity index (χ3n) is 5.40. The molecule has 0 spiro atoms. The Morgan fingerprint density at radius 3 is 2.55 bits per heavy atom. The first kappa shape index (κ1) is 20.3. The monoisotopic (exact) mass is 436 g/mol. The number of anilines is 2. The summed E-state index contributed by atoms with van der Waals surface area (Å²) >= 11 is 0. The Bertz CT molecular complexity index is 1480. The Balaban J connectivity index is 1.72. The standard InChI is InChI=1S/C25H20N6O2/c26-14-17-5-1-4-8-23(17)31-24(30-20-7-3-2-6-18(20)25(32)33)19(15-29-31)16-9-10-21-22(13-16)28-12-11-27-21/h1-13,15,30H,14,26H2,(H,32,33). The summed E-state index contributed by atoms with van der Waals surface area (Å²) in [5.41, 5.74) is 11.5. The van der Waals surface area contributed by atoms with E-state index in [-0.39, 0.29) is 5.56 Å². The molecule has 0 aliphatic rings. The van der Waals surface area contributed by atoms with E-state index >= 15 is 0 Å². The van der Waals surface area contributed by atoms with Crippen molar-refractivity contribution in [1.82, 2.24) is 19.7 Å². The number of aromatic nitrogens is 4. The summed E-state index contributed by atoms with van der Waals surface area (Å²) in [5, 5.41) is 17.6. The number of nitrogens with zero attached hydrogens (tertiary/aromatic N) is 4. The molecule has 162 valence electrons. The number of nitrogens with two attached hydrogens (primary N) is 1. The lowest BCUT2D eigenvalue weighted by atomic mass is 10.1. The molecule has 5 aromatic rings. The second-order valence-corrected chi connectivity index (χ2v) is 7.39. The summed E-state index contributed by atoms with van der Waals surface area (Å²) in [6.45, 7) is 0.335. The fraction of sp³-hybridized carbons (Fsp3) is 0.0400. The highest BCUT2D eigenvalue weighted by Gasteiger charge is 2.19. The summed E-state index contributed by atoms with van der Waals surface area (Å²) in [4.78, 5) is 20.6. The van der Waals surface area contributed by atoms with Gasteiger partial charge in [0.1, 0.15) is 5.82 Å². The number of carboxylic acid groups (broad SMARTS) is 1. The third-order valence-corrected chi connectivity index (χ3v) is 5.40. The largest absolute Gasteiger partial charge is 0.478 e. The zero-order valence-corrected chi connectivity index (χ0v) is 17.5. The lowest BCUT2D eigenvalue weighted by Gasteiger charge is -2.16. The number of hydrogen-bond donors (Lipinski definition) is 3. The van der Waals surface area contributed by atoms with Gasteiger partial charge in [-0.1, -0.05) is 36.4 Å². The minimum Gasteiger partial charge on any atom is -0.478 e. The minimum atomic E-state index is -1.02. The molecule has 0 saturated carbocycles. The molecule has 0 fully saturated rings. The van der Waals surface area contributed by atoms with Crippen LogP contribution in [0.2, 0.25) is 0 Å². The molecule has 4 N–H and O–H groups in total. The van der Waals surface area contributed by atoms with Crippen LogP contribution in [0.3, 0.4) is 0 Å². The smallest absolute Gasteiger partial charge is 0.337 e. The maximum Gasteiger partial charge on any atom is 0.337 e. The van der Waals surface area contributed by atoms with E-state index in [1.807, 2.05) is 42.5 Å². The van der Waals surface area contributed by atoms with Crippen molar-refractivity contribution < 1.29 is 9.90 Å². The highest BCUT2D eigenvalue weighted by atomic mass is 16.4. The van der Waals surface area contributed by atoms with Crippen LogP contribution in [-0.2, 0) is 6.54 Å². The van der Waals surface area contributed by atoms with E-state index in [4.69, 9.17) is 5.73 Å². The Kier molecular flexibility index (Phi) is 5.26. The molecular weight excluding hydrogens is 416 g/mol. The molecule has 0 aliphatic carbocycles. The number of carboxylic acids is 1. The minimum absolute atomic E-state index is 0.160. The number of hydrogen-bond acceptors (Lipinski definition) is 6. The van der Waals surface area contributed by atoms with Gasteiger partial charge in [0.2, 0.25) is 0 Å². The Morgan fingerprint density at radius 2 is 1.73 bits per heavy atom. The van der Waals surface area contributed by atoms with E-state index in [2.05, 4.69) is 20.4 Å². The van der Waals surface area contributed by atoms with Gasteiger partial charge in [0, 0.05) is 24.5 Å². The SMILES string of the molecule is NCc1ccccc1-n1ncc(-c2ccc3nccnc3c2)c1Nc1ccccc1C(=O)O. The quantitative estimate of drug-likeness (QED) is 0.361. The van der Waals surface area contributed by atoms with Gasteiger partial charge in [0.25, 0.3) is 0 Å². The summed E-state index contributed by atoms with van der Waals surface area (Å²) < 4.78 is 1.75. The second kappa shape index (κ2) is 8.52. The number of nitrogens with one attached hydrogen (secondary N) is 1. The molecule has 5 rings (SSSR count). The molecule has 0 radical (unpaired) electrons. The number of carbonyl (C=O) groups is 1. The number of aromatic carboxylic acids is 1. The predicted molar refractivity (Wildman–Crippen MR) is 127 cm³/mol. The van der Waals surface area contributed by atoms with Gasteiger partial charge >= 0.3 is 5.97 Å². The number of fused-ring (bicyclic) bond motifs is 1. The predicted octanol–water partition coefficient (Wildman–Crippen LogP) is 4.38. The average molecular weight is 436 g/mol. The lowest BCUT2D eigenvalue weighted by molar-refractivity contribution is 0.0698. The Hall–Kier alpha value is -4.56. The van der Waals surface area contributed by atoms with Crippen molar-refractivity contribution >= 4 is 28.5 Å². The summed E-state index contributed by atoms with van der Waals surface area (Å²) in [6.07, 6.45) is 5.05. The van der Waals surface area contributed by atoms with Crippen LogP contribution in [0.15, 0.2) is 85.3 Å². The topological polar surface area (TPSA) is 119 Å². The Morgan fingerprint density at radius 1 is 0.970 bits per heavy atom. The molecule has 3 aromatic carbocycles. The lowest BCUT2D eigenvalue weighted by Crippen LogP contribution is -2.10. The fourth-order valence-corrected chi connectivity index (χ4v) is 3.79. The van der Waals surface area contributed by atoms with Gasteiger partial charge in [0.15, 0.2) is 0 Å². The van der Waals surface area contributed by atoms with Crippen LogP contribution >= 0.6 is 0 Å². The molecule has 8 nitrogen and oxygen atoms in total. The van der Waals surface area contributed by atoms with Crippen molar-refractivity contribution in [1.29, 1.82) is 0 Å². The van der Waals surface area contributed by atoms with Crippen molar-refractivity contribution in [2.45, 2.75) is 6.54 Å². The molecule has 0 amide bonds. The van der Waals surface area contributed by atoms with Crippen molar-refractivity contribution in [3.63, 3.8) is 0 Å². The van der Waals surface area contributed by atoms with E-state index in [1.54, 1.807) is 47.5 Å². The highest BCUT2D eigenvalue weighted by molar-refractivity contribution is 5.96. The van der Waals surface area contributed by atoms with E-state index in [1.165, 1.54) is 0 Å². The number of rotatable bonds is 6. The average Bonchev–Trinajstić information content (AvgIpc) is 3.27. The summed E-state index contributed by atoms with van der Waals surface area (Å²) in [5.74, 6) is -0.401.